The van der Waals surface area contributed by atoms with Gasteiger partial charge >= 0.3 is 0 Å². The van der Waals surface area contributed by atoms with Gasteiger partial charge in [-0.3, -0.25) is 38.4 Å². The van der Waals surface area contributed by atoms with Crippen LogP contribution in [0.2, 0.25) is 0 Å². The largest absolute Gasteiger partial charge is 0.493 e. The molecule has 3 aromatic rings. The molecule has 8 amide bonds. The lowest BCUT2D eigenvalue weighted by Crippen LogP contribution is -2.59. The molecule has 20 nitrogen and oxygen atoms in total. The van der Waals surface area contributed by atoms with Gasteiger partial charge < -0.3 is 61.8 Å². The zero-order valence-electron chi connectivity index (χ0n) is 45.3. The van der Waals surface area contributed by atoms with E-state index in [2.05, 4.69) is 42.5 Å². The number of amides is 8. The smallest absolute Gasteiger partial charge is 0.251 e. The van der Waals surface area contributed by atoms with E-state index in [0.717, 1.165) is 11.1 Å². The number of hydrogen-bond acceptors (Lipinski definition) is 12. The van der Waals surface area contributed by atoms with Crippen LogP contribution in [0.4, 0.5) is 0 Å². The van der Waals surface area contributed by atoms with E-state index < -0.39 is 94.6 Å². The minimum absolute atomic E-state index is 0.0161. The number of carbonyl (C=O) groups is 8. The predicted molar refractivity (Wildman–Crippen MR) is 284 cm³/mol. The summed E-state index contributed by atoms with van der Waals surface area (Å²) >= 11 is 0. The molecule has 7 rings (SSSR count). The van der Waals surface area contributed by atoms with E-state index in [1.807, 2.05) is 90.1 Å². The molecule has 4 heterocycles. The lowest BCUT2D eigenvalue weighted by molar-refractivity contribution is -0.144. The van der Waals surface area contributed by atoms with Crippen LogP contribution in [0.5, 0.6) is 11.5 Å². The monoisotopic (exact) mass is 1050 g/mol. The minimum Gasteiger partial charge on any atom is -0.493 e. The van der Waals surface area contributed by atoms with Crippen LogP contribution in [-0.4, -0.2) is 146 Å². The molecule has 3 aromatic carbocycles. The molecule has 4 aliphatic rings. The van der Waals surface area contributed by atoms with Gasteiger partial charge in [0, 0.05) is 60.3 Å². The van der Waals surface area contributed by atoms with Crippen molar-refractivity contribution in [2.24, 2.45) is 10.8 Å². The number of likely N-dealkylation sites (N-methyl/N-ethyl adjacent to an activating group) is 2. The molecule has 76 heavy (non-hydrogen) atoms. The maximum absolute atomic E-state index is 14.6. The van der Waals surface area contributed by atoms with Crippen molar-refractivity contribution in [3.05, 3.63) is 95.1 Å². The van der Waals surface area contributed by atoms with Crippen molar-refractivity contribution in [2.75, 3.05) is 40.4 Å². The van der Waals surface area contributed by atoms with Crippen molar-refractivity contribution in [3.63, 3.8) is 0 Å². The Morgan fingerprint density at radius 2 is 0.882 bits per heavy atom. The summed E-state index contributed by atoms with van der Waals surface area (Å²) in [5.74, 6) is -2.17. The summed E-state index contributed by atoms with van der Waals surface area (Å²) in [7, 11) is 3.29. The van der Waals surface area contributed by atoms with Crippen molar-refractivity contribution in [1.29, 1.82) is 0 Å². The van der Waals surface area contributed by atoms with Crippen LogP contribution in [-0.2, 0) is 28.8 Å². The van der Waals surface area contributed by atoms with Crippen LogP contribution in [0, 0.1) is 10.8 Å². The molecular weight excluding hydrogens is 973 g/mol. The first-order valence-electron chi connectivity index (χ1n) is 26.3. The lowest BCUT2D eigenvalue weighted by atomic mass is 9.85. The second-order valence-electron chi connectivity index (χ2n) is 22.5. The van der Waals surface area contributed by atoms with Gasteiger partial charge in [-0.25, -0.2) is 0 Å². The molecule has 2 fully saturated rings. The zero-order chi connectivity index (χ0) is 55.2. The van der Waals surface area contributed by atoms with E-state index in [1.54, 1.807) is 27.9 Å². The number of fused-ring (bicyclic) bond motifs is 2. The third-order valence-corrected chi connectivity index (χ3v) is 14.9. The molecule has 0 unspecified atom stereocenters. The standard InChI is InChI=1S/C56H76N10O10/c1-31(57-9)47(67)63-45(55(3,4)5)53(73)65-29-35(27-41(65)51(71)61-39-23-25-75-43-17-13-11-15-37(39)43)59-49(69)33-19-21-34(22-20-33)50(70)60-36-28-42(52(72)62-40-24-26-76-44-18-14-12-16-38(40)44)66(30-36)54(74)46(56(6,7)8)64-48(68)32(2)58-10/h11-22,31-32,35-36,39-42,45-46,57-58H,23-30H2,1-10H3,(H,59,69)(H,60,70)(H,61,71)(H,62,72)(H,63,67)(H,64,68)/t31-,32-,35-,36-,39+,40+,41-,42-,45+,46+/m0/s1. The van der Waals surface area contributed by atoms with Crippen LogP contribution in [0.1, 0.15) is 125 Å². The molecule has 410 valence electrons. The third-order valence-electron chi connectivity index (χ3n) is 14.9. The Morgan fingerprint density at radius 3 is 1.22 bits per heavy atom. The molecule has 0 saturated carbocycles. The van der Waals surface area contributed by atoms with Gasteiger partial charge in [-0.05, 0) is 88.0 Å². The molecule has 0 spiro atoms. The van der Waals surface area contributed by atoms with Crippen molar-refractivity contribution in [3.8, 4) is 11.5 Å². The summed E-state index contributed by atoms with van der Waals surface area (Å²) in [5.41, 5.74) is 0.564. The molecule has 8 N–H and O–H groups in total. The fraction of sp³-hybridized carbons (Fsp3) is 0.536. The number of benzene rings is 3. The Balaban J connectivity index is 1.06. The van der Waals surface area contributed by atoms with Gasteiger partial charge in [0.2, 0.25) is 35.4 Å². The van der Waals surface area contributed by atoms with E-state index in [-0.39, 0.29) is 61.0 Å². The Morgan fingerprint density at radius 1 is 0.526 bits per heavy atom. The van der Waals surface area contributed by atoms with Gasteiger partial charge in [0.1, 0.15) is 35.7 Å². The van der Waals surface area contributed by atoms with E-state index >= 15 is 0 Å². The molecule has 20 heteroatoms. The van der Waals surface area contributed by atoms with Crippen LogP contribution in [0.3, 0.4) is 0 Å². The minimum atomic E-state index is -1.01. The highest BCUT2D eigenvalue weighted by Gasteiger charge is 2.48. The van der Waals surface area contributed by atoms with Gasteiger partial charge in [-0.1, -0.05) is 77.9 Å². The number of rotatable bonds is 16. The average Bonchev–Trinajstić information content (AvgIpc) is 4.03. The highest BCUT2D eigenvalue weighted by atomic mass is 16.5. The number of likely N-dealkylation sites (tertiary alicyclic amines) is 2. The lowest BCUT2D eigenvalue weighted by Gasteiger charge is -2.36. The van der Waals surface area contributed by atoms with E-state index in [9.17, 15) is 38.4 Å². The summed E-state index contributed by atoms with van der Waals surface area (Å²) in [4.78, 5) is 115. The highest BCUT2D eigenvalue weighted by Crippen LogP contribution is 2.35. The fourth-order valence-electron chi connectivity index (χ4n) is 10.1. The molecule has 4 aliphatic heterocycles. The SMILES string of the molecule is CN[C@@H](C)C(=O)N[C@H](C(=O)N1C[C@@H](NC(=O)c2ccc(C(=O)N[C@H]3C[C@@H](C(=O)N[C@@H]4CCOc5ccccc54)N(C(=O)[C@@H](NC(=O)[C@H](C)NC)C(C)(C)C)C3)cc2)C[C@H]1C(=O)N[C@@H]1CCOc2ccccc21)C(C)(C)C. The number of hydrogen-bond donors (Lipinski definition) is 8. The maximum atomic E-state index is 14.6. The molecular formula is C56H76N10O10. The first-order chi connectivity index (χ1) is 36.0. The number of ether oxygens (including phenoxy) is 2. The molecule has 0 aromatic heterocycles. The van der Waals surface area contributed by atoms with Crippen molar-refractivity contribution < 1.29 is 47.8 Å². The summed E-state index contributed by atoms with van der Waals surface area (Å²) < 4.78 is 11.6. The Hall–Kier alpha value is -7.06. The summed E-state index contributed by atoms with van der Waals surface area (Å²) in [5, 5.41) is 23.9. The Bertz CT molecular complexity index is 2470. The Labute approximate surface area is 445 Å². The molecule has 2 saturated heterocycles. The van der Waals surface area contributed by atoms with Gasteiger partial charge in [0.15, 0.2) is 0 Å². The van der Waals surface area contributed by atoms with E-state index in [1.165, 1.54) is 34.1 Å². The quantitative estimate of drug-likeness (QED) is 0.103. The molecule has 0 radical (unpaired) electrons. The number of carbonyl (C=O) groups excluding carboxylic acids is 8. The second kappa shape index (κ2) is 23.9. The van der Waals surface area contributed by atoms with Gasteiger partial charge in [-0.15, -0.1) is 0 Å². The first-order valence-corrected chi connectivity index (χ1v) is 26.3. The molecule has 0 bridgehead atoms. The number of nitrogens with one attached hydrogen (secondary N) is 8. The van der Waals surface area contributed by atoms with Crippen LogP contribution in [0.15, 0.2) is 72.8 Å². The molecule has 10 atom stereocenters. The predicted octanol–water partition coefficient (Wildman–Crippen LogP) is 2.64. The maximum Gasteiger partial charge on any atom is 0.251 e. The topological polar surface area (TPSA) is 258 Å². The number of nitrogens with zero attached hydrogens (tertiary/aromatic N) is 2. The van der Waals surface area contributed by atoms with Gasteiger partial charge in [-0.2, -0.15) is 0 Å². The Kier molecular flexibility index (Phi) is 17.8. The summed E-state index contributed by atoms with van der Waals surface area (Å²) in [6, 6.07) is 13.6. The van der Waals surface area contributed by atoms with Crippen molar-refractivity contribution in [1.82, 2.24) is 52.3 Å². The normalized spacial score (nSPS) is 22.7. The van der Waals surface area contributed by atoms with Crippen LogP contribution in [0.25, 0.3) is 0 Å². The third kappa shape index (κ3) is 13.1. The van der Waals surface area contributed by atoms with E-state index in [4.69, 9.17) is 9.47 Å². The summed E-state index contributed by atoms with van der Waals surface area (Å²) in [6.45, 7) is 15.1. The first kappa shape index (κ1) is 56.7. The van der Waals surface area contributed by atoms with Gasteiger partial charge in [0.05, 0.1) is 37.4 Å². The highest BCUT2D eigenvalue weighted by molar-refractivity contribution is 5.99. The van der Waals surface area contributed by atoms with E-state index in [0.29, 0.717) is 37.6 Å². The fourth-order valence-corrected chi connectivity index (χ4v) is 10.1. The second-order valence-corrected chi connectivity index (χ2v) is 22.5. The van der Waals surface area contributed by atoms with Crippen molar-refractivity contribution in [2.45, 2.75) is 141 Å². The van der Waals surface area contributed by atoms with Crippen molar-refractivity contribution >= 4 is 47.3 Å². The zero-order valence-corrected chi connectivity index (χ0v) is 45.3. The van der Waals surface area contributed by atoms with Gasteiger partial charge in [0.25, 0.3) is 11.8 Å². The number of para-hydroxylation sites is 2. The summed E-state index contributed by atoms with van der Waals surface area (Å²) in [6.07, 6.45) is 1.21. The van der Waals surface area contributed by atoms with Crippen LogP contribution < -0.4 is 52.0 Å². The molecule has 0 aliphatic carbocycles. The average molecular weight is 1050 g/mol. The van der Waals surface area contributed by atoms with Crippen LogP contribution >= 0.6 is 0 Å².